The molecule has 0 aliphatic heterocycles. The van der Waals surface area contributed by atoms with Crippen LogP contribution in [0.25, 0.3) is 0 Å². The van der Waals surface area contributed by atoms with Gasteiger partial charge >= 0.3 is 0 Å². The number of allylic oxidation sites excluding steroid dienone is 1. The third kappa shape index (κ3) is 2.05. The van der Waals surface area contributed by atoms with E-state index in [1.807, 2.05) is 0 Å². The Kier molecular flexibility index (Phi) is 3.99. The third-order valence-electron chi connectivity index (χ3n) is 8.03. The molecule has 0 bridgehead atoms. The first-order valence-electron chi connectivity index (χ1n) is 9.01. The zero-order valence-corrected chi connectivity index (χ0v) is 14.0. The molecule has 4 N–H and O–H groups in total. The molecular formula is C19H32O3. The van der Waals surface area contributed by atoms with E-state index in [0.29, 0.717) is 11.3 Å². The number of rotatable bonds is 0. The summed E-state index contributed by atoms with van der Waals surface area (Å²) in [5, 5.41) is 20.5. The van der Waals surface area contributed by atoms with Gasteiger partial charge in [-0.1, -0.05) is 25.5 Å². The maximum absolute atomic E-state index is 10.5. The highest BCUT2D eigenvalue weighted by Crippen LogP contribution is 2.64. The SMILES string of the molecule is C[C@]12CC[C@H](O)CC1=CC[C@@H]1[C@@H]2CC[C@]2(C)C(O)CC[C@@H]12.O. The van der Waals surface area contributed by atoms with E-state index in [1.165, 1.54) is 25.7 Å². The molecule has 4 aliphatic carbocycles. The van der Waals surface area contributed by atoms with Gasteiger partial charge in [-0.05, 0) is 80.0 Å². The van der Waals surface area contributed by atoms with E-state index in [4.69, 9.17) is 0 Å². The minimum absolute atomic E-state index is 0. The molecule has 1 unspecified atom stereocenters. The summed E-state index contributed by atoms with van der Waals surface area (Å²) in [4.78, 5) is 0. The zero-order chi connectivity index (χ0) is 14.8. The van der Waals surface area contributed by atoms with Crippen LogP contribution in [0.2, 0.25) is 0 Å². The molecule has 0 aromatic carbocycles. The van der Waals surface area contributed by atoms with Crippen LogP contribution in [0.5, 0.6) is 0 Å². The predicted octanol–water partition coefficient (Wildman–Crippen LogP) is 2.85. The van der Waals surface area contributed by atoms with Gasteiger partial charge in [0.05, 0.1) is 12.2 Å². The molecule has 3 heteroatoms. The van der Waals surface area contributed by atoms with Crippen LogP contribution in [-0.2, 0) is 0 Å². The lowest BCUT2D eigenvalue weighted by atomic mass is 9.48. The van der Waals surface area contributed by atoms with E-state index in [0.717, 1.165) is 37.5 Å². The number of aliphatic hydroxyl groups is 2. The zero-order valence-electron chi connectivity index (χ0n) is 14.0. The van der Waals surface area contributed by atoms with Crippen molar-refractivity contribution in [2.45, 2.75) is 77.4 Å². The average molecular weight is 308 g/mol. The summed E-state index contributed by atoms with van der Waals surface area (Å²) in [6, 6.07) is 0. The number of fused-ring (bicyclic) bond motifs is 5. The molecule has 0 spiro atoms. The number of hydrogen-bond donors (Lipinski definition) is 2. The molecule has 22 heavy (non-hydrogen) atoms. The lowest BCUT2D eigenvalue weighted by Gasteiger charge is -2.57. The molecule has 126 valence electrons. The molecule has 3 saturated carbocycles. The van der Waals surface area contributed by atoms with Crippen LogP contribution in [-0.4, -0.2) is 27.9 Å². The monoisotopic (exact) mass is 308 g/mol. The molecule has 0 aromatic heterocycles. The fourth-order valence-electron chi connectivity index (χ4n) is 6.61. The van der Waals surface area contributed by atoms with Crippen LogP contribution < -0.4 is 0 Å². The van der Waals surface area contributed by atoms with E-state index >= 15 is 0 Å². The van der Waals surface area contributed by atoms with E-state index in [2.05, 4.69) is 19.9 Å². The molecule has 7 atom stereocenters. The highest BCUT2D eigenvalue weighted by atomic mass is 16.3. The highest BCUT2D eigenvalue weighted by molar-refractivity contribution is 5.25. The van der Waals surface area contributed by atoms with Crippen LogP contribution in [0.1, 0.15) is 65.2 Å². The van der Waals surface area contributed by atoms with Crippen LogP contribution in [0.3, 0.4) is 0 Å². The van der Waals surface area contributed by atoms with Gasteiger partial charge in [0, 0.05) is 0 Å². The van der Waals surface area contributed by atoms with Crippen molar-refractivity contribution in [3.63, 3.8) is 0 Å². The van der Waals surface area contributed by atoms with Crippen molar-refractivity contribution in [1.29, 1.82) is 0 Å². The van der Waals surface area contributed by atoms with Gasteiger partial charge < -0.3 is 15.7 Å². The smallest absolute Gasteiger partial charge is 0.0596 e. The second-order valence-electron chi connectivity index (χ2n) is 8.79. The second-order valence-corrected chi connectivity index (χ2v) is 8.79. The lowest BCUT2D eigenvalue weighted by molar-refractivity contribution is -0.0711. The molecule has 0 amide bonds. The summed E-state index contributed by atoms with van der Waals surface area (Å²) in [5.74, 6) is 2.27. The predicted molar refractivity (Wildman–Crippen MR) is 87.3 cm³/mol. The van der Waals surface area contributed by atoms with Gasteiger partial charge in [-0.2, -0.15) is 0 Å². The largest absolute Gasteiger partial charge is 0.412 e. The van der Waals surface area contributed by atoms with Crippen molar-refractivity contribution in [3.05, 3.63) is 11.6 Å². The summed E-state index contributed by atoms with van der Waals surface area (Å²) in [7, 11) is 0. The van der Waals surface area contributed by atoms with Crippen LogP contribution in [0.4, 0.5) is 0 Å². The summed E-state index contributed by atoms with van der Waals surface area (Å²) in [6.45, 7) is 4.81. The summed E-state index contributed by atoms with van der Waals surface area (Å²) >= 11 is 0. The van der Waals surface area contributed by atoms with Crippen LogP contribution >= 0.6 is 0 Å². The topological polar surface area (TPSA) is 72.0 Å². The molecule has 0 radical (unpaired) electrons. The first-order valence-corrected chi connectivity index (χ1v) is 9.01. The van der Waals surface area contributed by atoms with Crippen molar-refractivity contribution in [3.8, 4) is 0 Å². The van der Waals surface area contributed by atoms with Gasteiger partial charge in [-0.25, -0.2) is 0 Å². The van der Waals surface area contributed by atoms with E-state index < -0.39 is 0 Å². The Bertz CT molecular complexity index is 473. The first-order chi connectivity index (χ1) is 9.95. The fourth-order valence-corrected chi connectivity index (χ4v) is 6.61. The van der Waals surface area contributed by atoms with Gasteiger partial charge in [-0.15, -0.1) is 0 Å². The Labute approximate surface area is 134 Å². The molecule has 0 saturated heterocycles. The van der Waals surface area contributed by atoms with Crippen molar-refractivity contribution < 1.29 is 15.7 Å². The fraction of sp³-hybridized carbons (Fsp3) is 0.895. The minimum Gasteiger partial charge on any atom is -0.412 e. The molecule has 4 rings (SSSR count). The third-order valence-corrected chi connectivity index (χ3v) is 8.03. The van der Waals surface area contributed by atoms with E-state index in [9.17, 15) is 10.2 Å². The van der Waals surface area contributed by atoms with Gasteiger partial charge in [0.1, 0.15) is 0 Å². The summed E-state index contributed by atoms with van der Waals surface area (Å²) in [5.41, 5.74) is 2.05. The van der Waals surface area contributed by atoms with Gasteiger partial charge in [0.25, 0.3) is 0 Å². The van der Waals surface area contributed by atoms with Gasteiger partial charge in [0.2, 0.25) is 0 Å². The Morgan fingerprint density at radius 2 is 1.77 bits per heavy atom. The van der Waals surface area contributed by atoms with Crippen LogP contribution in [0, 0.1) is 28.6 Å². The van der Waals surface area contributed by atoms with Crippen molar-refractivity contribution >= 4 is 0 Å². The quantitative estimate of drug-likeness (QED) is 0.675. The van der Waals surface area contributed by atoms with E-state index in [-0.39, 0.29) is 23.1 Å². The summed E-state index contributed by atoms with van der Waals surface area (Å²) < 4.78 is 0. The first kappa shape index (κ1) is 16.5. The standard InChI is InChI=1S/C19H30O2.H2O/c1-18-9-7-13(20)11-12(18)3-4-14-15-5-6-17(21)19(15,2)10-8-16(14)18;/h3,13-17,20-21H,4-11H2,1-2H3;1H2/t13-,14-,15-,16-,17?,18-,19-;/m0./s1. The molecule has 0 heterocycles. The van der Waals surface area contributed by atoms with Gasteiger partial charge in [0.15, 0.2) is 0 Å². The van der Waals surface area contributed by atoms with Crippen molar-refractivity contribution in [2.24, 2.45) is 28.6 Å². The van der Waals surface area contributed by atoms with Crippen LogP contribution in [0.15, 0.2) is 11.6 Å². The molecule has 0 aromatic rings. The van der Waals surface area contributed by atoms with E-state index in [1.54, 1.807) is 5.57 Å². The maximum atomic E-state index is 10.5. The molecular weight excluding hydrogens is 276 g/mol. The summed E-state index contributed by atoms with van der Waals surface area (Å²) in [6.07, 6.45) is 11.2. The molecule has 3 nitrogen and oxygen atoms in total. The Balaban J connectivity index is 0.00000144. The maximum Gasteiger partial charge on any atom is 0.0596 e. The Hall–Kier alpha value is -0.380. The highest BCUT2D eigenvalue weighted by Gasteiger charge is 2.58. The van der Waals surface area contributed by atoms with Crippen molar-refractivity contribution in [1.82, 2.24) is 0 Å². The normalized spacial score (nSPS) is 53.6. The Morgan fingerprint density at radius 1 is 1.00 bits per heavy atom. The minimum atomic E-state index is -0.108. The molecule has 3 fully saturated rings. The lowest BCUT2D eigenvalue weighted by Crippen LogP contribution is -2.51. The van der Waals surface area contributed by atoms with Crippen molar-refractivity contribution in [2.75, 3.05) is 0 Å². The Morgan fingerprint density at radius 3 is 2.55 bits per heavy atom. The molecule has 4 aliphatic rings. The number of aliphatic hydroxyl groups excluding tert-OH is 2. The number of hydrogen-bond acceptors (Lipinski definition) is 2. The average Bonchev–Trinajstić information content (AvgIpc) is 2.76. The second kappa shape index (κ2) is 5.32. The van der Waals surface area contributed by atoms with Gasteiger partial charge in [-0.3, -0.25) is 0 Å².